The highest BCUT2D eigenvalue weighted by Crippen LogP contribution is 2.37. The summed E-state index contributed by atoms with van der Waals surface area (Å²) >= 11 is 7.42. The van der Waals surface area contributed by atoms with Gasteiger partial charge in [0.2, 0.25) is 5.78 Å². The van der Waals surface area contributed by atoms with Crippen LogP contribution < -0.4 is 5.32 Å². The van der Waals surface area contributed by atoms with E-state index >= 15 is 0 Å². The number of fused-ring (bicyclic) bond motifs is 2. The van der Waals surface area contributed by atoms with Crippen LogP contribution in [0.2, 0.25) is 0 Å². The molecule has 3 aromatic carbocycles. The second-order valence-electron chi connectivity index (χ2n) is 19.1. The highest BCUT2D eigenvalue weighted by atomic mass is 79.9. The molecule has 4 rings (SSSR count). The molecule has 1 atom stereocenters. The number of rotatable bonds is 38. The number of halogens is 2. The van der Waals surface area contributed by atoms with Crippen LogP contribution in [-0.4, -0.2) is 29.2 Å². The van der Waals surface area contributed by atoms with E-state index in [-0.39, 0.29) is 46.9 Å². The van der Waals surface area contributed by atoms with E-state index in [2.05, 4.69) is 52.1 Å². The van der Waals surface area contributed by atoms with Crippen molar-refractivity contribution in [2.45, 2.75) is 219 Å². The van der Waals surface area contributed by atoms with E-state index in [1.807, 2.05) is 17.4 Å². The van der Waals surface area contributed by atoms with Crippen LogP contribution in [0.25, 0.3) is 0 Å². The zero-order valence-corrected chi connectivity index (χ0v) is 44.2. The topological polar surface area (TPSA) is 97.3 Å². The third kappa shape index (κ3) is 20.0. The van der Waals surface area contributed by atoms with Crippen molar-refractivity contribution >= 4 is 60.8 Å². The molecule has 1 aliphatic rings. The number of esters is 1. The zero-order valence-electron chi connectivity index (χ0n) is 41.0. The summed E-state index contributed by atoms with van der Waals surface area (Å²) in [6.07, 6.45) is 42.9. The summed E-state index contributed by atoms with van der Waals surface area (Å²) in [5.74, 6) is -0.986. The molecule has 66 heavy (non-hydrogen) atoms. The molecule has 366 valence electrons. The van der Waals surface area contributed by atoms with Gasteiger partial charge in [0, 0.05) is 34.2 Å². The molecule has 0 saturated heterocycles. The molecular formula is C58H85Br2NO5. The van der Waals surface area contributed by atoms with E-state index in [4.69, 9.17) is 4.74 Å². The van der Waals surface area contributed by atoms with Crippen molar-refractivity contribution in [2.75, 3.05) is 6.61 Å². The number of carbonyl (C=O) groups is 3. The van der Waals surface area contributed by atoms with Crippen molar-refractivity contribution in [3.8, 4) is 5.75 Å². The lowest BCUT2D eigenvalue weighted by Crippen LogP contribution is -2.72. The first kappa shape index (κ1) is 55.8. The first-order valence-corrected chi connectivity index (χ1v) is 28.2. The Morgan fingerprint density at radius 3 is 1.53 bits per heavy atom. The van der Waals surface area contributed by atoms with Crippen LogP contribution in [0.4, 0.5) is 11.4 Å². The number of ketones is 2. The summed E-state index contributed by atoms with van der Waals surface area (Å²) in [4.78, 5) is 40.9. The maximum Gasteiger partial charge on any atom is 0.308 e. The molecule has 0 radical (unpaired) electrons. The number of benzene rings is 3. The van der Waals surface area contributed by atoms with E-state index in [9.17, 15) is 19.5 Å². The maximum absolute atomic E-state index is 13.7. The minimum Gasteiger partial charge on any atom is -0.507 e. The normalized spacial score (nSPS) is 12.7. The van der Waals surface area contributed by atoms with Crippen molar-refractivity contribution in [2.24, 2.45) is 5.92 Å². The van der Waals surface area contributed by atoms with Gasteiger partial charge in [-0.3, -0.25) is 19.7 Å². The fraction of sp³-hybridized carbons (Fsp3) is 0.621. The van der Waals surface area contributed by atoms with Gasteiger partial charge in [-0.2, -0.15) is 12.8 Å². The fourth-order valence-corrected chi connectivity index (χ4v) is 10.9. The number of unbranched alkanes of at least 4 members (excludes halogenated alkanes) is 28. The number of nitrogens with two attached hydrogens (primary N) is 1. The summed E-state index contributed by atoms with van der Waals surface area (Å²) in [6, 6.07) is 13.9. The van der Waals surface area contributed by atoms with Crippen LogP contribution >= 0.6 is 31.9 Å². The number of carbonyl (C=O) groups excluding carboxylic acids is 3. The van der Waals surface area contributed by atoms with Gasteiger partial charge >= 0.3 is 5.97 Å². The van der Waals surface area contributed by atoms with E-state index < -0.39 is 0 Å². The fourth-order valence-electron chi connectivity index (χ4n) is 9.56. The number of ether oxygens (including phenoxy) is 1. The Balaban J connectivity index is 1.23. The molecule has 0 aromatic heterocycles. The lowest BCUT2D eigenvalue weighted by atomic mass is 9.82. The van der Waals surface area contributed by atoms with Gasteiger partial charge in [0.05, 0.1) is 28.1 Å². The monoisotopic (exact) mass is 1030 g/mol. The number of phenolic OH excluding ortho intramolecular Hbond substituents is 1. The van der Waals surface area contributed by atoms with Crippen molar-refractivity contribution in [1.82, 2.24) is 0 Å². The van der Waals surface area contributed by atoms with Crippen molar-refractivity contribution in [3.63, 3.8) is 0 Å². The Morgan fingerprint density at radius 2 is 1.03 bits per heavy atom. The van der Waals surface area contributed by atoms with Gasteiger partial charge in [-0.1, -0.05) is 227 Å². The van der Waals surface area contributed by atoms with Gasteiger partial charge in [-0.15, -0.1) is 0 Å². The summed E-state index contributed by atoms with van der Waals surface area (Å²) in [7, 11) is 0. The first-order chi connectivity index (χ1) is 32.3. The summed E-state index contributed by atoms with van der Waals surface area (Å²) in [6.45, 7) is 4.84. The molecule has 3 N–H and O–H groups in total. The standard InChI is InChI=1S/C58H84Br2NO5/c1-3-5-7-9-11-13-15-17-19-20-22-24-26-28-30-32-36-45(35-31-29-27-25-23-21-18-16-14-12-10-8-6-4-2)58(65)66-42-41-46-43-52(50(60)44-49(46)59)61-51-39-40-53(62)55-54(51)56(63)47-37-33-34-38-48(47)57(55)64/h20,33-34,37-40,43-45,61-62H,3-19,21-32,35-36,41-42H2,1-2H3/q-1/p+1. The van der Waals surface area contributed by atoms with E-state index in [1.165, 1.54) is 179 Å². The van der Waals surface area contributed by atoms with Crippen molar-refractivity contribution in [1.29, 1.82) is 0 Å². The summed E-state index contributed by atoms with van der Waals surface area (Å²) < 4.78 is 7.74. The molecule has 1 aliphatic carbocycles. The quantitative estimate of drug-likeness (QED) is 0.0153. The van der Waals surface area contributed by atoms with Crippen molar-refractivity contribution < 1.29 is 29.5 Å². The Kier molecular flexibility index (Phi) is 28.4. The molecule has 0 fully saturated rings. The average Bonchev–Trinajstić information content (AvgIpc) is 3.31. The van der Waals surface area contributed by atoms with E-state index in [1.54, 1.807) is 30.3 Å². The molecule has 8 heteroatoms. The molecule has 0 spiro atoms. The third-order valence-electron chi connectivity index (χ3n) is 13.6. The first-order valence-electron chi connectivity index (χ1n) is 26.6. The number of phenols is 1. The zero-order chi connectivity index (χ0) is 47.2. The molecule has 0 saturated carbocycles. The largest absolute Gasteiger partial charge is 0.507 e. The molecule has 1 unspecified atom stereocenters. The van der Waals surface area contributed by atoms with Gasteiger partial charge in [0.15, 0.2) is 5.78 Å². The summed E-state index contributed by atoms with van der Waals surface area (Å²) in [5.41, 5.74) is 3.21. The Morgan fingerprint density at radius 1 is 0.576 bits per heavy atom. The molecule has 0 aliphatic heterocycles. The molecule has 6 nitrogen and oxygen atoms in total. The Hall–Kier alpha value is -2.81. The van der Waals surface area contributed by atoms with Crippen LogP contribution in [0.5, 0.6) is 5.75 Å². The SMILES string of the molecule is CCCCCCCCCC[CH-]CCCCCCCC(CCCCCCCCCCCCCCCC)C(=O)OCCc1cc([NH2+]c2ccc(O)c3c2C(=O)c2ccccc2C3=O)c(Br)cc1Br. The Bertz CT molecular complexity index is 1880. The molecule has 3 aromatic rings. The molecular weight excluding hydrogens is 950 g/mol. The van der Waals surface area contributed by atoms with Gasteiger partial charge in [-0.25, -0.2) is 0 Å². The smallest absolute Gasteiger partial charge is 0.308 e. The van der Waals surface area contributed by atoms with Crippen LogP contribution in [0.1, 0.15) is 250 Å². The van der Waals surface area contributed by atoms with E-state index in [0.29, 0.717) is 23.2 Å². The third-order valence-corrected chi connectivity index (χ3v) is 15.1. The van der Waals surface area contributed by atoms with Gasteiger partial charge in [0.1, 0.15) is 17.1 Å². The lowest BCUT2D eigenvalue weighted by molar-refractivity contribution is -0.479. The molecule has 0 heterocycles. The van der Waals surface area contributed by atoms with Crippen LogP contribution in [0.15, 0.2) is 57.5 Å². The Labute approximate surface area is 417 Å². The number of hydrogen-bond donors (Lipinski definition) is 2. The average molecular weight is 1040 g/mol. The predicted octanol–water partition coefficient (Wildman–Crippen LogP) is 17.3. The van der Waals surface area contributed by atoms with Gasteiger partial charge < -0.3 is 16.3 Å². The minimum absolute atomic E-state index is 0.0368. The van der Waals surface area contributed by atoms with Crippen LogP contribution in [0.3, 0.4) is 0 Å². The highest BCUT2D eigenvalue weighted by molar-refractivity contribution is 9.11. The van der Waals surface area contributed by atoms with Crippen molar-refractivity contribution in [3.05, 3.63) is 91.7 Å². The van der Waals surface area contributed by atoms with Crippen LogP contribution in [0, 0.1) is 12.3 Å². The molecule has 0 bridgehead atoms. The number of hydrogen-bond acceptors (Lipinski definition) is 5. The number of quaternary nitrogens is 1. The maximum atomic E-state index is 13.7. The molecule has 0 amide bonds. The lowest BCUT2D eigenvalue weighted by Gasteiger charge is -2.20. The number of aromatic hydroxyl groups is 1. The predicted molar refractivity (Wildman–Crippen MR) is 281 cm³/mol. The second kappa shape index (κ2) is 33.6. The van der Waals surface area contributed by atoms with Gasteiger partial charge in [-0.05, 0) is 46.5 Å². The van der Waals surface area contributed by atoms with Crippen LogP contribution in [-0.2, 0) is 16.0 Å². The highest BCUT2D eigenvalue weighted by Gasteiger charge is 2.35. The second-order valence-corrected chi connectivity index (χ2v) is 20.8. The minimum atomic E-state index is -0.360. The van der Waals surface area contributed by atoms with E-state index in [0.717, 1.165) is 45.9 Å². The summed E-state index contributed by atoms with van der Waals surface area (Å²) in [5, 5.41) is 12.6. The van der Waals surface area contributed by atoms with Gasteiger partial charge in [0.25, 0.3) is 0 Å².